The van der Waals surface area contributed by atoms with Crippen molar-refractivity contribution < 1.29 is 8.78 Å². The zero-order valence-corrected chi connectivity index (χ0v) is 12.1. The first-order valence-corrected chi connectivity index (χ1v) is 7.09. The molecule has 0 saturated carbocycles. The van der Waals surface area contributed by atoms with Crippen molar-refractivity contribution in [1.82, 2.24) is 9.97 Å². The first-order chi connectivity index (χ1) is 9.65. The van der Waals surface area contributed by atoms with Gasteiger partial charge in [-0.3, -0.25) is 0 Å². The standard InChI is InChI=1S/C14H12BrF2N3/c15-10-3-1-2-9-8(10)4-5-11(9)19-14-18-7-6-12(20-14)13(16)17/h1-3,6-7,11,13H,4-5H2,(H,18,19,20)/t11-/m1/s1. The molecule has 1 aromatic heterocycles. The number of nitrogens with one attached hydrogen (secondary N) is 1. The molecule has 1 aliphatic rings. The Morgan fingerprint density at radius 3 is 2.95 bits per heavy atom. The van der Waals surface area contributed by atoms with Crippen LogP contribution in [0.3, 0.4) is 0 Å². The number of rotatable bonds is 3. The van der Waals surface area contributed by atoms with Crippen LogP contribution < -0.4 is 5.32 Å². The molecular formula is C14H12BrF2N3. The fraction of sp³-hybridized carbons (Fsp3) is 0.286. The van der Waals surface area contributed by atoms with Crippen LogP contribution in [0.5, 0.6) is 0 Å². The van der Waals surface area contributed by atoms with Crippen LogP contribution in [0.4, 0.5) is 14.7 Å². The van der Waals surface area contributed by atoms with Crippen molar-refractivity contribution in [1.29, 1.82) is 0 Å². The Bertz CT molecular complexity index is 634. The Hall–Kier alpha value is -1.56. The normalized spacial score (nSPS) is 17.3. The van der Waals surface area contributed by atoms with Gasteiger partial charge in [0.2, 0.25) is 5.95 Å². The predicted octanol–water partition coefficient (Wildman–Crippen LogP) is 4.28. The number of halogens is 3. The van der Waals surface area contributed by atoms with Crippen molar-refractivity contribution in [3.63, 3.8) is 0 Å². The van der Waals surface area contributed by atoms with Crippen LogP contribution >= 0.6 is 15.9 Å². The Morgan fingerprint density at radius 2 is 2.15 bits per heavy atom. The highest BCUT2D eigenvalue weighted by atomic mass is 79.9. The average Bonchev–Trinajstić information content (AvgIpc) is 2.84. The zero-order valence-electron chi connectivity index (χ0n) is 10.5. The Morgan fingerprint density at radius 1 is 1.30 bits per heavy atom. The fourth-order valence-corrected chi connectivity index (χ4v) is 3.06. The molecule has 0 unspecified atom stereocenters. The van der Waals surface area contributed by atoms with Crippen LogP contribution in [0.25, 0.3) is 0 Å². The molecule has 1 atom stereocenters. The van der Waals surface area contributed by atoms with Crippen LogP contribution in [0.15, 0.2) is 34.9 Å². The molecule has 3 rings (SSSR count). The molecule has 0 amide bonds. The van der Waals surface area contributed by atoms with E-state index in [9.17, 15) is 8.78 Å². The lowest BCUT2D eigenvalue weighted by Crippen LogP contribution is -2.10. The summed E-state index contributed by atoms with van der Waals surface area (Å²) in [5.41, 5.74) is 2.18. The molecule has 0 fully saturated rings. The van der Waals surface area contributed by atoms with E-state index in [0.717, 1.165) is 17.3 Å². The predicted molar refractivity (Wildman–Crippen MR) is 75.8 cm³/mol. The van der Waals surface area contributed by atoms with Gasteiger partial charge in [-0.05, 0) is 36.1 Å². The molecule has 3 nitrogen and oxygen atoms in total. The van der Waals surface area contributed by atoms with Gasteiger partial charge in [0, 0.05) is 10.7 Å². The molecule has 1 N–H and O–H groups in total. The molecule has 0 spiro atoms. The number of hydrogen-bond donors (Lipinski definition) is 1. The summed E-state index contributed by atoms with van der Waals surface area (Å²) in [7, 11) is 0. The van der Waals surface area contributed by atoms with E-state index in [4.69, 9.17) is 0 Å². The minimum Gasteiger partial charge on any atom is -0.347 e. The molecule has 104 valence electrons. The summed E-state index contributed by atoms with van der Waals surface area (Å²) in [5.74, 6) is 0.251. The first kappa shape index (κ1) is 13.4. The van der Waals surface area contributed by atoms with E-state index in [1.807, 2.05) is 18.2 Å². The minimum atomic E-state index is -2.58. The number of fused-ring (bicyclic) bond motifs is 1. The highest BCUT2D eigenvalue weighted by Crippen LogP contribution is 2.37. The van der Waals surface area contributed by atoms with Gasteiger partial charge in [0.25, 0.3) is 6.43 Å². The SMILES string of the molecule is FC(F)c1ccnc(N[C@@H]2CCc3c(Br)cccc32)n1. The number of aromatic nitrogens is 2. The van der Waals surface area contributed by atoms with Crippen LogP contribution in [-0.2, 0) is 6.42 Å². The molecule has 0 bridgehead atoms. The number of nitrogens with zero attached hydrogens (tertiary/aromatic N) is 2. The van der Waals surface area contributed by atoms with Crippen molar-refractivity contribution in [2.45, 2.75) is 25.3 Å². The quantitative estimate of drug-likeness (QED) is 0.907. The summed E-state index contributed by atoms with van der Waals surface area (Å²) in [6.07, 6.45) is 0.625. The van der Waals surface area contributed by atoms with Crippen molar-refractivity contribution in [3.05, 3.63) is 51.8 Å². The van der Waals surface area contributed by atoms with E-state index >= 15 is 0 Å². The molecule has 0 saturated heterocycles. The van der Waals surface area contributed by atoms with Crippen LogP contribution in [0, 0.1) is 0 Å². The largest absolute Gasteiger partial charge is 0.347 e. The lowest BCUT2D eigenvalue weighted by atomic mass is 10.1. The highest BCUT2D eigenvalue weighted by molar-refractivity contribution is 9.10. The summed E-state index contributed by atoms with van der Waals surface area (Å²) in [6.45, 7) is 0. The third-order valence-electron chi connectivity index (χ3n) is 3.42. The lowest BCUT2D eigenvalue weighted by Gasteiger charge is -2.14. The Labute approximate surface area is 123 Å². The minimum absolute atomic E-state index is 0.0652. The van der Waals surface area contributed by atoms with Crippen molar-refractivity contribution in [3.8, 4) is 0 Å². The molecule has 1 aliphatic carbocycles. The van der Waals surface area contributed by atoms with Gasteiger partial charge < -0.3 is 5.32 Å². The van der Waals surface area contributed by atoms with Gasteiger partial charge in [0.1, 0.15) is 5.69 Å². The molecule has 20 heavy (non-hydrogen) atoms. The molecular weight excluding hydrogens is 328 g/mol. The Kier molecular flexibility index (Phi) is 3.65. The zero-order chi connectivity index (χ0) is 14.1. The van der Waals surface area contributed by atoms with Gasteiger partial charge in [0.05, 0.1) is 6.04 Å². The van der Waals surface area contributed by atoms with E-state index in [0.29, 0.717) is 0 Å². The monoisotopic (exact) mass is 339 g/mol. The van der Waals surface area contributed by atoms with Gasteiger partial charge in [-0.1, -0.05) is 28.1 Å². The van der Waals surface area contributed by atoms with Crippen molar-refractivity contribution >= 4 is 21.9 Å². The van der Waals surface area contributed by atoms with Gasteiger partial charge in [-0.25, -0.2) is 18.7 Å². The van der Waals surface area contributed by atoms with Gasteiger partial charge in [0.15, 0.2) is 0 Å². The highest BCUT2D eigenvalue weighted by Gasteiger charge is 2.24. The van der Waals surface area contributed by atoms with E-state index in [-0.39, 0.29) is 17.7 Å². The third-order valence-corrected chi connectivity index (χ3v) is 4.16. The molecule has 2 aromatic rings. The summed E-state index contributed by atoms with van der Waals surface area (Å²) < 4.78 is 26.3. The van der Waals surface area contributed by atoms with Gasteiger partial charge in [-0.2, -0.15) is 0 Å². The first-order valence-electron chi connectivity index (χ1n) is 6.30. The maximum absolute atomic E-state index is 12.6. The van der Waals surface area contributed by atoms with E-state index < -0.39 is 6.43 Å². The second-order valence-corrected chi connectivity index (χ2v) is 5.50. The van der Waals surface area contributed by atoms with E-state index in [1.54, 1.807) is 0 Å². The van der Waals surface area contributed by atoms with Crippen LogP contribution in [0.1, 0.15) is 35.7 Å². The molecule has 1 aromatic carbocycles. The lowest BCUT2D eigenvalue weighted by molar-refractivity contribution is 0.146. The average molecular weight is 340 g/mol. The maximum Gasteiger partial charge on any atom is 0.280 e. The Balaban J connectivity index is 1.84. The topological polar surface area (TPSA) is 37.8 Å². The maximum atomic E-state index is 12.6. The second kappa shape index (κ2) is 5.44. The van der Waals surface area contributed by atoms with Gasteiger partial charge >= 0.3 is 0 Å². The molecule has 0 radical (unpaired) electrons. The van der Waals surface area contributed by atoms with Crippen molar-refractivity contribution in [2.24, 2.45) is 0 Å². The molecule has 1 heterocycles. The summed E-state index contributed by atoms with van der Waals surface area (Å²) in [4.78, 5) is 7.86. The number of anilines is 1. The van der Waals surface area contributed by atoms with Crippen molar-refractivity contribution in [2.75, 3.05) is 5.32 Å². The third kappa shape index (κ3) is 2.52. The second-order valence-electron chi connectivity index (χ2n) is 4.65. The summed E-state index contributed by atoms with van der Waals surface area (Å²) in [6, 6.07) is 7.32. The number of benzene rings is 1. The summed E-state index contributed by atoms with van der Waals surface area (Å²) >= 11 is 3.53. The van der Waals surface area contributed by atoms with E-state index in [1.165, 1.54) is 23.4 Å². The van der Waals surface area contributed by atoms with E-state index in [2.05, 4.69) is 31.2 Å². The van der Waals surface area contributed by atoms with Crippen LogP contribution in [0.2, 0.25) is 0 Å². The summed E-state index contributed by atoms with van der Waals surface area (Å²) in [5, 5.41) is 3.14. The fourth-order valence-electron chi connectivity index (χ4n) is 2.48. The van der Waals surface area contributed by atoms with Gasteiger partial charge in [-0.15, -0.1) is 0 Å². The number of hydrogen-bond acceptors (Lipinski definition) is 3. The van der Waals surface area contributed by atoms with Crippen LogP contribution in [-0.4, -0.2) is 9.97 Å². The number of alkyl halides is 2. The molecule has 6 heteroatoms. The smallest absolute Gasteiger partial charge is 0.280 e. The molecule has 0 aliphatic heterocycles.